The van der Waals surface area contributed by atoms with E-state index in [4.69, 9.17) is 11.5 Å². The van der Waals surface area contributed by atoms with E-state index in [1.54, 1.807) is 0 Å². The van der Waals surface area contributed by atoms with Crippen molar-refractivity contribution >= 4 is 12.0 Å². The molecule has 0 atom stereocenters. The molecule has 0 spiro atoms. The first-order valence-corrected chi connectivity index (χ1v) is 4.04. The van der Waals surface area contributed by atoms with Gasteiger partial charge < -0.3 is 21.5 Å². The molecule has 0 unspecified atom stereocenters. The summed E-state index contributed by atoms with van der Waals surface area (Å²) in [5, 5.41) is 2.54. The first-order valence-electron chi connectivity index (χ1n) is 4.04. The van der Waals surface area contributed by atoms with Crippen LogP contribution in [0, 0.1) is 0 Å². The fourth-order valence-electron chi connectivity index (χ4n) is 0.854. The summed E-state index contributed by atoms with van der Waals surface area (Å²) in [5.41, 5.74) is 9.62. The van der Waals surface area contributed by atoms with Gasteiger partial charge in [-0.05, 0) is 12.8 Å². The topological polar surface area (TPSA) is 107 Å². The van der Waals surface area contributed by atoms with E-state index in [1.807, 2.05) is 0 Å². The molecule has 2 amide bonds. The number of rotatable bonds is 4. The summed E-state index contributed by atoms with van der Waals surface area (Å²) in [6.07, 6.45) is 0.591. The smallest absolute Gasteiger partial charge is 0.404 e. The minimum absolute atomic E-state index is 0.0805. The van der Waals surface area contributed by atoms with Gasteiger partial charge in [-0.25, -0.2) is 4.79 Å². The normalized spacial score (nSPS) is 17.6. The number of carbonyl (C=O) groups is 2. The largest absolute Gasteiger partial charge is 0.448 e. The molecule has 13 heavy (non-hydrogen) atoms. The first-order chi connectivity index (χ1) is 6.04. The fraction of sp³-hybridized carbons (Fsp3) is 0.714. The van der Waals surface area contributed by atoms with Gasteiger partial charge in [-0.15, -0.1) is 0 Å². The van der Waals surface area contributed by atoms with E-state index in [9.17, 15) is 9.59 Å². The van der Waals surface area contributed by atoms with E-state index in [0.29, 0.717) is 0 Å². The van der Waals surface area contributed by atoms with Gasteiger partial charge in [0.05, 0.1) is 12.1 Å². The standard InChI is InChI=1S/C7H13N3O3/c8-6(12)13-4-3-10-5(11)7(9)1-2-7/h1-4,9H2,(H2,8,12)(H,10,11). The third-order valence-corrected chi connectivity index (χ3v) is 1.87. The maximum atomic E-state index is 11.2. The van der Waals surface area contributed by atoms with Crippen LogP contribution >= 0.6 is 0 Å². The van der Waals surface area contributed by atoms with Crippen molar-refractivity contribution in [3.8, 4) is 0 Å². The number of ether oxygens (including phenoxy) is 1. The van der Waals surface area contributed by atoms with Crippen molar-refractivity contribution in [1.82, 2.24) is 5.32 Å². The fourth-order valence-corrected chi connectivity index (χ4v) is 0.854. The van der Waals surface area contributed by atoms with E-state index < -0.39 is 11.6 Å². The molecule has 0 bridgehead atoms. The Hall–Kier alpha value is -1.30. The van der Waals surface area contributed by atoms with E-state index in [0.717, 1.165) is 12.8 Å². The van der Waals surface area contributed by atoms with Crippen LogP contribution < -0.4 is 16.8 Å². The molecular formula is C7H13N3O3. The van der Waals surface area contributed by atoms with Crippen LogP contribution in [0.3, 0.4) is 0 Å². The van der Waals surface area contributed by atoms with E-state index in [2.05, 4.69) is 10.1 Å². The SMILES string of the molecule is NC(=O)OCCNC(=O)C1(N)CC1. The molecular weight excluding hydrogens is 174 g/mol. The van der Waals surface area contributed by atoms with Crippen LogP contribution in [0.1, 0.15) is 12.8 Å². The van der Waals surface area contributed by atoms with Gasteiger partial charge >= 0.3 is 6.09 Å². The molecule has 0 saturated heterocycles. The van der Waals surface area contributed by atoms with Crippen LogP contribution in [0.5, 0.6) is 0 Å². The first kappa shape index (κ1) is 9.79. The number of nitrogens with one attached hydrogen (secondary N) is 1. The highest BCUT2D eigenvalue weighted by molar-refractivity contribution is 5.88. The van der Waals surface area contributed by atoms with Crippen LogP contribution in [-0.4, -0.2) is 30.7 Å². The van der Waals surface area contributed by atoms with E-state index >= 15 is 0 Å². The number of nitrogens with two attached hydrogens (primary N) is 2. The molecule has 1 aliphatic rings. The number of carbonyl (C=O) groups excluding carboxylic acids is 2. The van der Waals surface area contributed by atoms with E-state index in [-0.39, 0.29) is 19.1 Å². The highest BCUT2D eigenvalue weighted by atomic mass is 16.5. The average molecular weight is 187 g/mol. The Balaban J connectivity index is 2.06. The summed E-state index contributed by atoms with van der Waals surface area (Å²) >= 11 is 0. The van der Waals surface area contributed by atoms with Gasteiger partial charge in [0.25, 0.3) is 0 Å². The summed E-state index contributed by atoms with van der Waals surface area (Å²) in [6, 6.07) is 0. The predicted molar refractivity (Wildman–Crippen MR) is 44.7 cm³/mol. The second-order valence-corrected chi connectivity index (χ2v) is 3.08. The molecule has 6 nitrogen and oxygen atoms in total. The Morgan fingerprint density at radius 3 is 2.54 bits per heavy atom. The third-order valence-electron chi connectivity index (χ3n) is 1.87. The molecule has 1 aliphatic carbocycles. The maximum Gasteiger partial charge on any atom is 0.404 e. The molecule has 1 fully saturated rings. The molecule has 0 aromatic rings. The molecule has 0 radical (unpaired) electrons. The van der Waals surface area contributed by atoms with Crippen molar-refractivity contribution in [2.24, 2.45) is 11.5 Å². The number of primary amides is 1. The Kier molecular flexibility index (Phi) is 2.72. The number of hydrogen-bond acceptors (Lipinski definition) is 4. The van der Waals surface area contributed by atoms with Crippen molar-refractivity contribution in [2.75, 3.05) is 13.2 Å². The van der Waals surface area contributed by atoms with Crippen molar-refractivity contribution in [3.63, 3.8) is 0 Å². The monoisotopic (exact) mass is 187 g/mol. The van der Waals surface area contributed by atoms with Gasteiger partial charge in [0.15, 0.2) is 0 Å². The van der Waals surface area contributed by atoms with Gasteiger partial charge in [-0.3, -0.25) is 4.79 Å². The molecule has 1 rings (SSSR count). The van der Waals surface area contributed by atoms with Crippen molar-refractivity contribution in [2.45, 2.75) is 18.4 Å². The summed E-state index contributed by atoms with van der Waals surface area (Å²) in [4.78, 5) is 21.3. The molecule has 0 aliphatic heterocycles. The van der Waals surface area contributed by atoms with Gasteiger partial charge in [-0.1, -0.05) is 0 Å². The molecule has 0 heterocycles. The summed E-state index contributed by atoms with van der Waals surface area (Å²) < 4.78 is 4.41. The quantitative estimate of drug-likeness (QED) is 0.475. The lowest BCUT2D eigenvalue weighted by molar-refractivity contribution is -0.123. The van der Waals surface area contributed by atoms with Gasteiger partial charge in [0.2, 0.25) is 5.91 Å². The summed E-state index contributed by atoms with van der Waals surface area (Å²) in [7, 11) is 0. The van der Waals surface area contributed by atoms with Gasteiger partial charge in [0, 0.05) is 0 Å². The Morgan fingerprint density at radius 2 is 2.08 bits per heavy atom. The van der Waals surface area contributed by atoms with Gasteiger partial charge in [-0.2, -0.15) is 0 Å². The van der Waals surface area contributed by atoms with Crippen molar-refractivity contribution in [3.05, 3.63) is 0 Å². The lowest BCUT2D eigenvalue weighted by Gasteiger charge is -2.09. The highest BCUT2D eigenvalue weighted by Crippen LogP contribution is 2.31. The Morgan fingerprint density at radius 1 is 1.46 bits per heavy atom. The molecule has 0 aromatic carbocycles. The summed E-state index contributed by atoms with van der Waals surface area (Å²) in [6.45, 7) is 0.331. The lowest BCUT2D eigenvalue weighted by Crippen LogP contribution is -2.44. The summed E-state index contributed by atoms with van der Waals surface area (Å²) in [5.74, 6) is -0.194. The van der Waals surface area contributed by atoms with Crippen molar-refractivity contribution in [1.29, 1.82) is 0 Å². The minimum Gasteiger partial charge on any atom is -0.448 e. The van der Waals surface area contributed by atoms with Crippen LogP contribution in [0.4, 0.5) is 4.79 Å². The molecule has 1 saturated carbocycles. The van der Waals surface area contributed by atoms with Crippen LogP contribution in [0.25, 0.3) is 0 Å². The van der Waals surface area contributed by atoms with Crippen LogP contribution in [0.15, 0.2) is 0 Å². The Bertz CT molecular complexity index is 225. The van der Waals surface area contributed by atoms with Gasteiger partial charge in [0.1, 0.15) is 6.61 Å². The third kappa shape index (κ3) is 2.90. The molecule has 0 aromatic heterocycles. The number of amides is 2. The Labute approximate surface area is 75.6 Å². The van der Waals surface area contributed by atoms with Crippen molar-refractivity contribution < 1.29 is 14.3 Å². The highest BCUT2D eigenvalue weighted by Gasteiger charge is 2.45. The second kappa shape index (κ2) is 3.61. The predicted octanol–water partition coefficient (Wildman–Crippen LogP) is -1.31. The minimum atomic E-state index is -0.844. The molecule has 6 heteroatoms. The average Bonchev–Trinajstić information content (AvgIpc) is 2.78. The zero-order valence-electron chi connectivity index (χ0n) is 7.21. The lowest BCUT2D eigenvalue weighted by atomic mass is 10.3. The maximum absolute atomic E-state index is 11.2. The zero-order chi connectivity index (χ0) is 9.90. The number of hydrogen-bond donors (Lipinski definition) is 3. The molecule has 5 N–H and O–H groups in total. The van der Waals surface area contributed by atoms with Crippen LogP contribution in [0.2, 0.25) is 0 Å². The molecule has 74 valence electrons. The second-order valence-electron chi connectivity index (χ2n) is 3.08. The van der Waals surface area contributed by atoms with Crippen LogP contribution in [-0.2, 0) is 9.53 Å². The van der Waals surface area contributed by atoms with E-state index in [1.165, 1.54) is 0 Å². The zero-order valence-corrected chi connectivity index (χ0v) is 7.21.